The van der Waals surface area contributed by atoms with Gasteiger partial charge in [0.25, 0.3) is 0 Å². The molecule has 0 radical (unpaired) electrons. The monoisotopic (exact) mass is 222 g/mol. The molecule has 1 aromatic carbocycles. The number of hydrogen-bond acceptors (Lipinski definition) is 2. The zero-order chi connectivity index (χ0) is 12.0. The summed E-state index contributed by atoms with van der Waals surface area (Å²) in [7, 11) is 0. The molecule has 0 heterocycles. The zero-order valence-corrected chi connectivity index (χ0v) is 10.2. The number of rotatable bonds is 6. The minimum Gasteiger partial charge on any atom is -0.504 e. The molecule has 1 unspecified atom stereocenters. The highest BCUT2D eigenvalue weighted by Crippen LogP contribution is 2.31. The molecule has 2 nitrogen and oxygen atoms in total. The Kier molecular flexibility index (Phi) is 5.17. The van der Waals surface area contributed by atoms with E-state index in [1.807, 2.05) is 6.07 Å². The zero-order valence-electron chi connectivity index (χ0n) is 10.2. The molecule has 2 N–H and O–H groups in total. The first kappa shape index (κ1) is 12.9. The van der Waals surface area contributed by atoms with E-state index in [0.717, 1.165) is 18.4 Å². The van der Waals surface area contributed by atoms with Gasteiger partial charge in [-0.05, 0) is 24.0 Å². The second-order valence-corrected chi connectivity index (χ2v) is 4.41. The molecule has 0 saturated carbocycles. The molecule has 1 atom stereocenters. The number of unbranched alkanes of at least 4 members (excludes halogenated alkanes) is 1. The molecule has 1 aromatic rings. The van der Waals surface area contributed by atoms with Gasteiger partial charge in [0.15, 0.2) is 11.5 Å². The molecular formula is C14H22O2. The Labute approximate surface area is 97.9 Å². The maximum Gasteiger partial charge on any atom is 0.160 e. The summed E-state index contributed by atoms with van der Waals surface area (Å²) in [6.45, 7) is 4.37. The van der Waals surface area contributed by atoms with Gasteiger partial charge in [-0.25, -0.2) is 0 Å². The van der Waals surface area contributed by atoms with E-state index in [9.17, 15) is 10.2 Å². The van der Waals surface area contributed by atoms with Crippen LogP contribution in [-0.2, 0) is 6.42 Å². The lowest BCUT2D eigenvalue weighted by Crippen LogP contribution is -2.03. The molecule has 0 bridgehead atoms. The van der Waals surface area contributed by atoms with Crippen molar-refractivity contribution in [2.75, 3.05) is 0 Å². The minimum absolute atomic E-state index is 0.0113. The van der Waals surface area contributed by atoms with Crippen LogP contribution in [-0.4, -0.2) is 10.2 Å². The first-order chi connectivity index (χ1) is 7.69. The van der Waals surface area contributed by atoms with Gasteiger partial charge in [0.05, 0.1) is 0 Å². The summed E-state index contributed by atoms with van der Waals surface area (Å²) >= 11 is 0. The van der Waals surface area contributed by atoms with Gasteiger partial charge in [0.2, 0.25) is 0 Å². The molecule has 0 aliphatic rings. The standard InChI is InChI=1S/C14H22O2/c1-3-5-7-11(4-2)10-12-8-6-9-13(15)14(12)16/h6,8-9,11,15-16H,3-5,7,10H2,1-2H3. The van der Waals surface area contributed by atoms with E-state index >= 15 is 0 Å². The topological polar surface area (TPSA) is 40.5 Å². The van der Waals surface area contributed by atoms with Crippen LogP contribution in [0.5, 0.6) is 11.5 Å². The molecule has 0 spiro atoms. The van der Waals surface area contributed by atoms with Gasteiger partial charge in [0, 0.05) is 0 Å². The average molecular weight is 222 g/mol. The lowest BCUT2D eigenvalue weighted by Gasteiger charge is -2.15. The molecular weight excluding hydrogens is 200 g/mol. The third kappa shape index (κ3) is 3.44. The molecule has 0 amide bonds. The minimum atomic E-state index is -0.0113. The Balaban J connectivity index is 2.66. The van der Waals surface area contributed by atoms with Crippen LogP contribution in [0.1, 0.15) is 45.1 Å². The van der Waals surface area contributed by atoms with Crippen molar-refractivity contribution in [1.82, 2.24) is 0 Å². The summed E-state index contributed by atoms with van der Waals surface area (Å²) in [6, 6.07) is 5.20. The third-order valence-electron chi connectivity index (χ3n) is 3.15. The Hall–Kier alpha value is -1.18. The summed E-state index contributed by atoms with van der Waals surface area (Å²) < 4.78 is 0. The van der Waals surface area contributed by atoms with Crippen LogP contribution >= 0.6 is 0 Å². The van der Waals surface area contributed by atoms with Crippen LogP contribution < -0.4 is 0 Å². The van der Waals surface area contributed by atoms with Gasteiger partial charge in [0.1, 0.15) is 0 Å². The lowest BCUT2D eigenvalue weighted by atomic mass is 9.91. The number of phenolic OH excluding ortho intramolecular Hbond substituents is 2. The highest BCUT2D eigenvalue weighted by molar-refractivity contribution is 5.44. The number of benzene rings is 1. The molecule has 0 aromatic heterocycles. The molecule has 1 rings (SSSR count). The maximum atomic E-state index is 9.72. The fourth-order valence-corrected chi connectivity index (χ4v) is 2.00. The predicted octanol–water partition coefficient (Wildman–Crippen LogP) is 3.86. The van der Waals surface area contributed by atoms with Crippen LogP contribution in [0.4, 0.5) is 0 Å². The predicted molar refractivity (Wildman–Crippen MR) is 66.8 cm³/mol. The average Bonchev–Trinajstić information content (AvgIpc) is 2.30. The summed E-state index contributed by atoms with van der Waals surface area (Å²) in [6.07, 6.45) is 5.62. The SMILES string of the molecule is CCCCC(CC)Cc1cccc(O)c1O. The van der Waals surface area contributed by atoms with Crippen molar-refractivity contribution in [3.05, 3.63) is 23.8 Å². The van der Waals surface area contributed by atoms with Gasteiger partial charge >= 0.3 is 0 Å². The van der Waals surface area contributed by atoms with E-state index in [0.29, 0.717) is 5.92 Å². The molecule has 0 fully saturated rings. The van der Waals surface area contributed by atoms with Crippen molar-refractivity contribution in [3.63, 3.8) is 0 Å². The quantitative estimate of drug-likeness (QED) is 0.717. The number of para-hydroxylation sites is 1. The number of aromatic hydroxyl groups is 2. The van der Waals surface area contributed by atoms with E-state index in [4.69, 9.17) is 0 Å². The molecule has 90 valence electrons. The summed E-state index contributed by atoms with van der Waals surface area (Å²) in [5.74, 6) is 0.646. The number of hydrogen-bond donors (Lipinski definition) is 2. The Morgan fingerprint density at radius 1 is 1.19 bits per heavy atom. The summed E-state index contributed by atoms with van der Waals surface area (Å²) in [4.78, 5) is 0. The lowest BCUT2D eigenvalue weighted by molar-refractivity contribution is 0.389. The number of phenols is 2. The Bertz CT molecular complexity index is 321. The third-order valence-corrected chi connectivity index (χ3v) is 3.15. The van der Waals surface area contributed by atoms with Crippen LogP contribution in [0.15, 0.2) is 18.2 Å². The highest BCUT2D eigenvalue weighted by Gasteiger charge is 2.11. The van der Waals surface area contributed by atoms with Crippen molar-refractivity contribution in [2.24, 2.45) is 5.92 Å². The van der Waals surface area contributed by atoms with Crippen molar-refractivity contribution < 1.29 is 10.2 Å². The normalized spacial score (nSPS) is 12.6. The van der Waals surface area contributed by atoms with Crippen molar-refractivity contribution in [3.8, 4) is 11.5 Å². The Morgan fingerprint density at radius 2 is 1.94 bits per heavy atom. The van der Waals surface area contributed by atoms with E-state index in [1.165, 1.54) is 25.3 Å². The van der Waals surface area contributed by atoms with E-state index in [-0.39, 0.29) is 11.5 Å². The van der Waals surface area contributed by atoms with E-state index in [1.54, 1.807) is 6.07 Å². The largest absolute Gasteiger partial charge is 0.504 e. The van der Waals surface area contributed by atoms with Gasteiger partial charge in [-0.2, -0.15) is 0 Å². The van der Waals surface area contributed by atoms with E-state index < -0.39 is 0 Å². The Morgan fingerprint density at radius 3 is 2.56 bits per heavy atom. The summed E-state index contributed by atoms with van der Waals surface area (Å²) in [5, 5.41) is 19.1. The van der Waals surface area contributed by atoms with Gasteiger partial charge in [-0.15, -0.1) is 0 Å². The molecule has 0 saturated heterocycles. The fraction of sp³-hybridized carbons (Fsp3) is 0.571. The van der Waals surface area contributed by atoms with Crippen LogP contribution in [0.3, 0.4) is 0 Å². The van der Waals surface area contributed by atoms with Crippen LogP contribution in [0, 0.1) is 5.92 Å². The van der Waals surface area contributed by atoms with Crippen molar-refractivity contribution >= 4 is 0 Å². The highest BCUT2D eigenvalue weighted by atomic mass is 16.3. The second kappa shape index (κ2) is 6.41. The summed E-state index contributed by atoms with van der Waals surface area (Å²) in [5.41, 5.74) is 0.864. The van der Waals surface area contributed by atoms with Gasteiger partial charge < -0.3 is 10.2 Å². The van der Waals surface area contributed by atoms with Gasteiger partial charge in [-0.1, -0.05) is 51.7 Å². The smallest absolute Gasteiger partial charge is 0.160 e. The molecule has 0 aliphatic carbocycles. The van der Waals surface area contributed by atoms with Crippen LogP contribution in [0.25, 0.3) is 0 Å². The van der Waals surface area contributed by atoms with E-state index in [2.05, 4.69) is 13.8 Å². The second-order valence-electron chi connectivity index (χ2n) is 4.41. The fourth-order valence-electron chi connectivity index (χ4n) is 2.00. The van der Waals surface area contributed by atoms with Crippen molar-refractivity contribution in [1.29, 1.82) is 0 Å². The molecule has 16 heavy (non-hydrogen) atoms. The first-order valence-electron chi connectivity index (χ1n) is 6.18. The maximum absolute atomic E-state index is 9.72. The molecule has 0 aliphatic heterocycles. The van der Waals surface area contributed by atoms with Crippen molar-refractivity contribution in [2.45, 2.75) is 46.0 Å². The van der Waals surface area contributed by atoms with Crippen LogP contribution in [0.2, 0.25) is 0 Å². The molecule has 2 heteroatoms. The first-order valence-corrected chi connectivity index (χ1v) is 6.18. The van der Waals surface area contributed by atoms with Gasteiger partial charge in [-0.3, -0.25) is 0 Å².